The lowest BCUT2D eigenvalue weighted by molar-refractivity contribution is -0.114. The van der Waals surface area contributed by atoms with E-state index in [1.54, 1.807) is 6.33 Å². The number of nitrogens with zero attached hydrogens (tertiary/aromatic N) is 4. The van der Waals surface area contributed by atoms with Crippen LogP contribution in [0.3, 0.4) is 0 Å². The summed E-state index contributed by atoms with van der Waals surface area (Å²) in [6.45, 7) is 4.06. The Bertz CT molecular complexity index is 640. The first-order valence-electron chi connectivity index (χ1n) is 7.34. The number of hydrogen-bond acceptors (Lipinski definition) is 4. The zero-order valence-corrected chi connectivity index (χ0v) is 13.5. The lowest BCUT2D eigenvalue weighted by atomic mass is 10.0. The average Bonchev–Trinajstić information content (AvgIpc) is 2.98. The van der Waals surface area contributed by atoms with Crippen LogP contribution in [-0.2, 0) is 4.79 Å². The van der Waals surface area contributed by atoms with Gasteiger partial charge in [0.05, 0.1) is 0 Å². The summed E-state index contributed by atoms with van der Waals surface area (Å²) in [7, 11) is 4.00. The summed E-state index contributed by atoms with van der Waals surface area (Å²) in [4.78, 5) is 18.4. The Morgan fingerprint density at radius 3 is 2.45 bits per heavy atom. The average molecular weight is 298 g/mol. The van der Waals surface area contributed by atoms with E-state index < -0.39 is 0 Å². The molecule has 2 rings (SSSR count). The number of carbonyl (C=O) groups excluding carboxylic acids is 1. The van der Waals surface area contributed by atoms with Crippen molar-refractivity contribution < 1.29 is 4.79 Å². The van der Waals surface area contributed by atoms with Crippen LogP contribution in [0, 0.1) is 5.92 Å². The summed E-state index contributed by atoms with van der Waals surface area (Å²) in [5.41, 5.74) is 2.63. The highest BCUT2D eigenvalue weighted by Crippen LogP contribution is 2.18. The molecule has 0 amide bonds. The number of hydrogen-bond donors (Lipinski definition) is 0. The quantitative estimate of drug-likeness (QED) is 0.769. The van der Waals surface area contributed by atoms with Gasteiger partial charge >= 0.3 is 0 Å². The van der Waals surface area contributed by atoms with Crippen molar-refractivity contribution in [2.24, 2.45) is 5.92 Å². The molecular formula is C17H22N4O. The lowest BCUT2D eigenvalue weighted by Gasteiger charge is -2.12. The van der Waals surface area contributed by atoms with Gasteiger partial charge in [0, 0.05) is 26.2 Å². The number of allylic oxidation sites excluding steroid dienone is 1. The van der Waals surface area contributed by atoms with E-state index in [4.69, 9.17) is 0 Å². The molecular weight excluding hydrogens is 276 g/mol. The predicted molar refractivity (Wildman–Crippen MR) is 89.4 cm³/mol. The number of anilines is 1. The molecule has 0 unspecified atom stereocenters. The number of Topliss-reactive ketones (excluding diaryl/α,β-unsaturated/α-hetero) is 1. The maximum Gasteiger partial charge on any atom is 0.181 e. The van der Waals surface area contributed by atoms with E-state index >= 15 is 0 Å². The van der Waals surface area contributed by atoms with E-state index in [0.29, 0.717) is 18.0 Å². The second kappa shape index (κ2) is 7.02. The Hall–Kier alpha value is -2.43. The summed E-state index contributed by atoms with van der Waals surface area (Å²) in [6.07, 6.45) is 5.34. The van der Waals surface area contributed by atoms with Gasteiger partial charge in [-0.1, -0.05) is 26.0 Å². The molecule has 0 saturated carbocycles. The molecule has 116 valence electrons. The van der Waals surface area contributed by atoms with Gasteiger partial charge in [-0.3, -0.25) is 4.79 Å². The van der Waals surface area contributed by atoms with Gasteiger partial charge in [-0.05, 0) is 29.7 Å². The van der Waals surface area contributed by atoms with Crippen molar-refractivity contribution in [3.05, 3.63) is 42.5 Å². The van der Waals surface area contributed by atoms with Gasteiger partial charge < -0.3 is 4.90 Å². The molecule has 1 aromatic carbocycles. The highest BCUT2D eigenvalue weighted by Gasteiger charge is 2.14. The Balaban J connectivity index is 2.34. The predicted octanol–water partition coefficient (Wildman–Crippen LogP) is 2.96. The molecule has 0 aliphatic carbocycles. The van der Waals surface area contributed by atoms with Gasteiger partial charge in [-0.2, -0.15) is 5.10 Å². The Morgan fingerprint density at radius 1 is 1.27 bits per heavy atom. The monoisotopic (exact) mass is 298 g/mol. The molecule has 0 radical (unpaired) electrons. The largest absolute Gasteiger partial charge is 0.378 e. The maximum atomic E-state index is 12.5. The Morgan fingerprint density at radius 2 is 1.95 bits per heavy atom. The third kappa shape index (κ3) is 4.04. The molecule has 0 saturated heterocycles. The minimum Gasteiger partial charge on any atom is -0.378 e. The lowest BCUT2D eigenvalue weighted by Crippen LogP contribution is -2.12. The van der Waals surface area contributed by atoms with Gasteiger partial charge in [0.1, 0.15) is 18.4 Å². The van der Waals surface area contributed by atoms with E-state index in [0.717, 1.165) is 11.3 Å². The fraction of sp³-hybridized carbons (Fsp3) is 0.353. The summed E-state index contributed by atoms with van der Waals surface area (Å²) in [5, 5.41) is 4.10. The first-order valence-corrected chi connectivity index (χ1v) is 7.34. The second-order valence-corrected chi connectivity index (χ2v) is 5.88. The highest BCUT2D eigenvalue weighted by atomic mass is 16.1. The molecule has 1 heterocycles. The van der Waals surface area contributed by atoms with Crippen molar-refractivity contribution >= 4 is 23.2 Å². The standard InChI is InChI=1S/C17H22N4O/c1-13(2)9-17(22)16(21-12-18-11-19-21)10-14-5-7-15(8-6-14)20(3)4/h5-8,10-13H,9H2,1-4H3. The SMILES string of the molecule is CC(C)CC(=O)C(=Cc1ccc(N(C)C)cc1)n1cncn1. The normalized spacial score (nSPS) is 11.8. The number of aromatic nitrogens is 3. The molecule has 0 N–H and O–H groups in total. The van der Waals surface area contributed by atoms with Crippen LogP contribution in [0.15, 0.2) is 36.9 Å². The third-order valence-corrected chi connectivity index (χ3v) is 3.26. The minimum absolute atomic E-state index is 0.0668. The van der Waals surface area contributed by atoms with Gasteiger partial charge in [-0.15, -0.1) is 0 Å². The summed E-state index contributed by atoms with van der Waals surface area (Å²) in [5.74, 6) is 0.368. The van der Waals surface area contributed by atoms with Crippen LogP contribution in [0.2, 0.25) is 0 Å². The molecule has 1 aromatic heterocycles. The zero-order valence-electron chi connectivity index (χ0n) is 13.5. The van der Waals surface area contributed by atoms with Crippen molar-refractivity contribution in [2.45, 2.75) is 20.3 Å². The van der Waals surface area contributed by atoms with Crippen LogP contribution in [0.1, 0.15) is 25.8 Å². The molecule has 0 bridgehead atoms. The minimum atomic E-state index is 0.0668. The van der Waals surface area contributed by atoms with Crippen molar-refractivity contribution in [3.63, 3.8) is 0 Å². The molecule has 2 aromatic rings. The van der Waals surface area contributed by atoms with Crippen molar-refractivity contribution in [1.82, 2.24) is 14.8 Å². The molecule has 0 spiro atoms. The topological polar surface area (TPSA) is 51.0 Å². The fourth-order valence-electron chi connectivity index (χ4n) is 2.11. The van der Waals surface area contributed by atoms with E-state index in [1.807, 2.05) is 63.2 Å². The van der Waals surface area contributed by atoms with E-state index in [1.165, 1.54) is 11.0 Å². The van der Waals surface area contributed by atoms with Crippen LogP contribution in [-0.4, -0.2) is 34.6 Å². The molecule has 5 heteroatoms. The fourth-order valence-corrected chi connectivity index (χ4v) is 2.11. The highest BCUT2D eigenvalue weighted by molar-refractivity contribution is 6.19. The zero-order chi connectivity index (χ0) is 16.1. The number of ketones is 1. The molecule has 22 heavy (non-hydrogen) atoms. The van der Waals surface area contributed by atoms with E-state index in [2.05, 4.69) is 10.1 Å². The molecule has 0 aliphatic rings. The maximum absolute atomic E-state index is 12.5. The van der Waals surface area contributed by atoms with Crippen LogP contribution >= 0.6 is 0 Å². The van der Waals surface area contributed by atoms with Crippen LogP contribution in [0.5, 0.6) is 0 Å². The van der Waals surface area contributed by atoms with Gasteiger partial charge in [-0.25, -0.2) is 9.67 Å². The van der Waals surface area contributed by atoms with Crippen LogP contribution < -0.4 is 4.90 Å². The first-order chi connectivity index (χ1) is 10.5. The number of benzene rings is 1. The molecule has 0 aliphatic heterocycles. The summed E-state index contributed by atoms with van der Waals surface area (Å²) >= 11 is 0. The summed E-state index contributed by atoms with van der Waals surface area (Å²) in [6, 6.07) is 8.04. The summed E-state index contributed by atoms with van der Waals surface area (Å²) < 4.78 is 1.53. The van der Waals surface area contributed by atoms with Crippen molar-refractivity contribution in [1.29, 1.82) is 0 Å². The third-order valence-electron chi connectivity index (χ3n) is 3.26. The van der Waals surface area contributed by atoms with E-state index in [9.17, 15) is 4.79 Å². The second-order valence-electron chi connectivity index (χ2n) is 5.88. The van der Waals surface area contributed by atoms with Crippen LogP contribution in [0.4, 0.5) is 5.69 Å². The Kier molecular flexibility index (Phi) is 5.09. The number of rotatable bonds is 6. The van der Waals surface area contributed by atoms with Crippen LogP contribution in [0.25, 0.3) is 11.8 Å². The smallest absolute Gasteiger partial charge is 0.181 e. The first kappa shape index (κ1) is 15.9. The van der Waals surface area contributed by atoms with Gasteiger partial charge in [0.15, 0.2) is 5.78 Å². The molecule has 0 fully saturated rings. The molecule has 5 nitrogen and oxygen atoms in total. The Labute approximate surface area is 131 Å². The van der Waals surface area contributed by atoms with Crippen molar-refractivity contribution in [2.75, 3.05) is 19.0 Å². The van der Waals surface area contributed by atoms with Gasteiger partial charge in [0.2, 0.25) is 0 Å². The molecule has 0 atom stereocenters. The van der Waals surface area contributed by atoms with Gasteiger partial charge in [0.25, 0.3) is 0 Å². The van der Waals surface area contributed by atoms with E-state index in [-0.39, 0.29) is 5.78 Å². The number of carbonyl (C=O) groups is 1. The van der Waals surface area contributed by atoms with Crippen molar-refractivity contribution in [3.8, 4) is 0 Å².